The molecule has 4 rings (SSSR count). The van der Waals surface area contributed by atoms with Crippen LogP contribution in [0, 0.1) is 6.92 Å². The SMILES string of the molecule is CCc1cc(CC(=O)N2CCCC2c2ccnc(CCC(=O)O)n2)ccc1NC(=O)Nc1ncccc1C. The van der Waals surface area contributed by atoms with Crippen LogP contribution in [-0.2, 0) is 28.9 Å². The molecule has 1 fully saturated rings. The van der Waals surface area contributed by atoms with Crippen LogP contribution in [0.1, 0.15) is 60.4 Å². The number of likely N-dealkylation sites (tertiary alicyclic amines) is 1. The van der Waals surface area contributed by atoms with Crippen LogP contribution in [0.25, 0.3) is 0 Å². The maximum absolute atomic E-state index is 13.3. The Morgan fingerprint density at radius 2 is 1.95 bits per heavy atom. The molecule has 198 valence electrons. The van der Waals surface area contributed by atoms with Crippen molar-refractivity contribution in [3.05, 3.63) is 77.0 Å². The third-order valence-corrected chi connectivity index (χ3v) is 6.60. The summed E-state index contributed by atoms with van der Waals surface area (Å²) in [6.07, 6.45) is 6.07. The van der Waals surface area contributed by atoms with Gasteiger partial charge in [0.15, 0.2) is 0 Å². The number of aryl methyl sites for hydroxylation is 3. The first-order valence-electron chi connectivity index (χ1n) is 12.8. The molecule has 10 heteroatoms. The van der Waals surface area contributed by atoms with E-state index in [2.05, 4.69) is 25.6 Å². The number of urea groups is 1. The first-order valence-corrected chi connectivity index (χ1v) is 12.8. The average molecular weight is 517 g/mol. The Hall–Kier alpha value is -4.34. The predicted octanol–water partition coefficient (Wildman–Crippen LogP) is 4.31. The molecule has 10 nitrogen and oxygen atoms in total. The van der Waals surface area contributed by atoms with Crippen LogP contribution in [-0.4, -0.2) is 49.4 Å². The van der Waals surface area contributed by atoms with Crippen molar-refractivity contribution in [1.82, 2.24) is 19.9 Å². The topological polar surface area (TPSA) is 137 Å². The molecule has 1 aromatic carbocycles. The van der Waals surface area contributed by atoms with Gasteiger partial charge in [-0.3, -0.25) is 14.9 Å². The molecule has 2 aromatic heterocycles. The molecule has 3 amide bonds. The Balaban J connectivity index is 1.42. The summed E-state index contributed by atoms with van der Waals surface area (Å²) in [6.45, 7) is 4.52. The fraction of sp³-hybridized carbons (Fsp3) is 0.357. The van der Waals surface area contributed by atoms with Crippen LogP contribution in [0.4, 0.5) is 16.3 Å². The van der Waals surface area contributed by atoms with Gasteiger partial charge in [-0.2, -0.15) is 0 Å². The van der Waals surface area contributed by atoms with Gasteiger partial charge in [-0.1, -0.05) is 25.1 Å². The number of hydrogen-bond donors (Lipinski definition) is 3. The lowest BCUT2D eigenvalue weighted by Gasteiger charge is -2.25. The van der Waals surface area contributed by atoms with Gasteiger partial charge in [-0.25, -0.2) is 19.7 Å². The lowest BCUT2D eigenvalue weighted by atomic mass is 10.0. The Labute approximate surface area is 221 Å². The minimum Gasteiger partial charge on any atom is -0.481 e. The van der Waals surface area contributed by atoms with Gasteiger partial charge >= 0.3 is 12.0 Å². The number of aromatic nitrogens is 3. The molecule has 1 saturated heterocycles. The first-order chi connectivity index (χ1) is 18.3. The molecular formula is C28H32N6O4. The van der Waals surface area contributed by atoms with Crippen LogP contribution in [0.2, 0.25) is 0 Å². The summed E-state index contributed by atoms with van der Waals surface area (Å²) in [6, 6.07) is 10.6. The maximum Gasteiger partial charge on any atom is 0.324 e. The molecule has 0 spiro atoms. The van der Waals surface area contributed by atoms with E-state index in [0.29, 0.717) is 30.3 Å². The number of benzene rings is 1. The van der Waals surface area contributed by atoms with E-state index in [-0.39, 0.29) is 37.2 Å². The molecule has 1 unspecified atom stereocenters. The summed E-state index contributed by atoms with van der Waals surface area (Å²) in [5, 5.41) is 14.6. The van der Waals surface area contributed by atoms with Crippen LogP contribution >= 0.6 is 0 Å². The Morgan fingerprint density at radius 3 is 2.71 bits per heavy atom. The number of amides is 3. The molecule has 3 N–H and O–H groups in total. The zero-order valence-electron chi connectivity index (χ0n) is 21.6. The van der Waals surface area contributed by atoms with Crippen LogP contribution < -0.4 is 10.6 Å². The average Bonchev–Trinajstić information content (AvgIpc) is 3.40. The van der Waals surface area contributed by atoms with Crippen molar-refractivity contribution in [2.24, 2.45) is 0 Å². The number of anilines is 2. The number of nitrogens with one attached hydrogen (secondary N) is 2. The minimum absolute atomic E-state index is 0.00401. The van der Waals surface area contributed by atoms with Crippen LogP contribution in [0.3, 0.4) is 0 Å². The fourth-order valence-electron chi connectivity index (χ4n) is 4.64. The second-order valence-corrected chi connectivity index (χ2v) is 9.31. The highest BCUT2D eigenvalue weighted by atomic mass is 16.4. The van der Waals surface area contributed by atoms with Crippen molar-refractivity contribution < 1.29 is 19.5 Å². The van der Waals surface area contributed by atoms with E-state index in [4.69, 9.17) is 5.11 Å². The Bertz CT molecular complexity index is 1330. The summed E-state index contributed by atoms with van der Waals surface area (Å²) in [5.74, 6) is 0.0860. The molecule has 0 bridgehead atoms. The number of aliphatic carboxylic acids is 1. The molecule has 0 saturated carbocycles. The van der Waals surface area contributed by atoms with E-state index < -0.39 is 5.97 Å². The molecule has 1 aliphatic rings. The second-order valence-electron chi connectivity index (χ2n) is 9.31. The first kappa shape index (κ1) is 26.7. The van der Waals surface area contributed by atoms with Crippen molar-refractivity contribution >= 4 is 29.4 Å². The monoisotopic (exact) mass is 516 g/mol. The van der Waals surface area contributed by atoms with Crippen molar-refractivity contribution in [2.75, 3.05) is 17.2 Å². The van der Waals surface area contributed by atoms with E-state index >= 15 is 0 Å². The van der Waals surface area contributed by atoms with Gasteiger partial charge < -0.3 is 15.3 Å². The quantitative estimate of drug-likeness (QED) is 0.385. The van der Waals surface area contributed by atoms with E-state index in [9.17, 15) is 14.4 Å². The van der Waals surface area contributed by atoms with E-state index in [1.807, 2.05) is 49.1 Å². The van der Waals surface area contributed by atoms with E-state index in [0.717, 1.165) is 35.2 Å². The van der Waals surface area contributed by atoms with Gasteiger partial charge in [0.2, 0.25) is 5.91 Å². The second kappa shape index (κ2) is 12.3. The van der Waals surface area contributed by atoms with Crippen LogP contribution in [0.5, 0.6) is 0 Å². The van der Waals surface area contributed by atoms with Gasteiger partial charge in [0.25, 0.3) is 0 Å². The number of carbonyl (C=O) groups is 3. The molecule has 3 heterocycles. The number of carboxylic acid groups (broad SMARTS) is 1. The van der Waals surface area contributed by atoms with E-state index in [1.165, 1.54) is 0 Å². The van der Waals surface area contributed by atoms with Gasteiger partial charge in [-0.15, -0.1) is 0 Å². The third-order valence-electron chi connectivity index (χ3n) is 6.60. The molecule has 38 heavy (non-hydrogen) atoms. The number of pyridine rings is 1. The molecule has 0 aliphatic carbocycles. The number of carboxylic acids is 1. The summed E-state index contributed by atoms with van der Waals surface area (Å²) < 4.78 is 0. The number of carbonyl (C=O) groups excluding carboxylic acids is 2. The lowest BCUT2D eigenvalue weighted by molar-refractivity contribution is -0.137. The molecular weight excluding hydrogens is 484 g/mol. The highest BCUT2D eigenvalue weighted by molar-refractivity contribution is 6.00. The van der Waals surface area contributed by atoms with Crippen molar-refractivity contribution in [3.8, 4) is 0 Å². The van der Waals surface area contributed by atoms with Crippen molar-refractivity contribution in [2.45, 2.75) is 58.4 Å². The van der Waals surface area contributed by atoms with Gasteiger partial charge in [-0.05, 0) is 61.1 Å². The highest BCUT2D eigenvalue weighted by Gasteiger charge is 2.31. The largest absolute Gasteiger partial charge is 0.481 e. The third kappa shape index (κ3) is 6.70. The minimum atomic E-state index is -0.895. The van der Waals surface area contributed by atoms with Gasteiger partial charge in [0.1, 0.15) is 11.6 Å². The smallest absolute Gasteiger partial charge is 0.324 e. The predicted molar refractivity (Wildman–Crippen MR) is 143 cm³/mol. The standard InChI is InChI=1S/C28H32N6O4/c1-3-20-16-19(8-9-21(20)32-28(38)33-27-18(2)6-4-13-30-27)17-25(35)34-15-5-7-23(34)22-12-14-29-24(31-22)10-11-26(36)37/h4,6,8-9,12-14,16,23H,3,5,7,10-11,15,17H2,1-2H3,(H,36,37)(H2,30,32,33,38). The number of rotatable bonds is 9. The Morgan fingerprint density at radius 1 is 1.11 bits per heavy atom. The maximum atomic E-state index is 13.3. The van der Waals surface area contributed by atoms with Gasteiger partial charge in [0.05, 0.1) is 24.6 Å². The molecule has 1 atom stereocenters. The normalized spacial score (nSPS) is 14.8. The summed E-state index contributed by atoms with van der Waals surface area (Å²) in [5.41, 5.74) is 4.10. The summed E-state index contributed by atoms with van der Waals surface area (Å²) >= 11 is 0. The highest BCUT2D eigenvalue weighted by Crippen LogP contribution is 2.31. The number of nitrogens with zero attached hydrogens (tertiary/aromatic N) is 4. The van der Waals surface area contributed by atoms with Crippen molar-refractivity contribution in [1.29, 1.82) is 0 Å². The molecule has 1 aliphatic heterocycles. The Kier molecular flexibility index (Phi) is 8.62. The zero-order valence-corrected chi connectivity index (χ0v) is 21.6. The van der Waals surface area contributed by atoms with E-state index in [1.54, 1.807) is 18.5 Å². The van der Waals surface area contributed by atoms with Gasteiger partial charge in [0, 0.05) is 31.0 Å². The van der Waals surface area contributed by atoms with Crippen LogP contribution in [0.15, 0.2) is 48.8 Å². The lowest BCUT2D eigenvalue weighted by Crippen LogP contribution is -2.32. The zero-order chi connectivity index (χ0) is 27.1. The summed E-state index contributed by atoms with van der Waals surface area (Å²) in [4.78, 5) is 51.5. The summed E-state index contributed by atoms with van der Waals surface area (Å²) in [7, 11) is 0. The molecule has 3 aromatic rings. The van der Waals surface area contributed by atoms with Crippen molar-refractivity contribution in [3.63, 3.8) is 0 Å². The number of hydrogen-bond acceptors (Lipinski definition) is 6. The fourth-order valence-corrected chi connectivity index (χ4v) is 4.64. The molecule has 0 radical (unpaired) electrons.